The molecule has 1 aliphatic carbocycles. The number of rotatable bonds is 5. The van der Waals surface area contributed by atoms with E-state index in [1.54, 1.807) is 11.3 Å². The van der Waals surface area contributed by atoms with Crippen LogP contribution >= 0.6 is 11.3 Å². The Labute approximate surface area is 165 Å². The fourth-order valence-electron chi connectivity index (χ4n) is 4.73. The highest BCUT2D eigenvalue weighted by atomic mass is 32.1. The van der Waals surface area contributed by atoms with Crippen molar-refractivity contribution in [3.63, 3.8) is 0 Å². The van der Waals surface area contributed by atoms with Gasteiger partial charge in [-0.05, 0) is 36.7 Å². The van der Waals surface area contributed by atoms with Crippen molar-refractivity contribution in [2.45, 2.75) is 70.5 Å². The predicted octanol–water partition coefficient (Wildman–Crippen LogP) is 5.15. The summed E-state index contributed by atoms with van der Waals surface area (Å²) < 4.78 is 0. The van der Waals surface area contributed by atoms with Crippen molar-refractivity contribution in [3.05, 3.63) is 40.9 Å². The van der Waals surface area contributed by atoms with E-state index in [2.05, 4.69) is 48.0 Å². The Bertz CT molecular complexity index is 799. The molecule has 4 nitrogen and oxygen atoms in total. The number of carboxylic acids is 1. The van der Waals surface area contributed by atoms with Gasteiger partial charge in [0.25, 0.3) is 0 Å². The first-order valence-corrected chi connectivity index (χ1v) is 10.9. The molecule has 4 rings (SSSR count). The van der Waals surface area contributed by atoms with E-state index in [-0.39, 0.29) is 6.04 Å². The fraction of sp³-hybridized carbons (Fsp3) is 0.545. The van der Waals surface area contributed by atoms with E-state index in [4.69, 9.17) is 0 Å². The lowest BCUT2D eigenvalue weighted by atomic mass is 9.85. The topological polar surface area (TPSA) is 53.4 Å². The molecule has 2 aliphatic rings. The second-order valence-corrected chi connectivity index (χ2v) is 9.40. The third-order valence-electron chi connectivity index (χ3n) is 6.22. The SMILES string of the molecule is CC(C)c1ccc(-c2ncc(CN3C(C(=O)O)CC4CCCCC43)s2)cc1. The second kappa shape index (κ2) is 7.72. The zero-order valence-corrected chi connectivity index (χ0v) is 16.9. The molecule has 0 radical (unpaired) electrons. The van der Waals surface area contributed by atoms with Crippen molar-refractivity contribution >= 4 is 17.3 Å². The summed E-state index contributed by atoms with van der Waals surface area (Å²) in [5.74, 6) is 0.409. The summed E-state index contributed by atoms with van der Waals surface area (Å²) in [6.07, 6.45) is 7.53. The van der Waals surface area contributed by atoms with Gasteiger partial charge in [-0.2, -0.15) is 0 Å². The van der Waals surface area contributed by atoms with Crippen LogP contribution in [0.15, 0.2) is 30.5 Å². The molecule has 2 heterocycles. The maximum atomic E-state index is 11.8. The van der Waals surface area contributed by atoms with Crippen molar-refractivity contribution in [1.82, 2.24) is 9.88 Å². The lowest BCUT2D eigenvalue weighted by molar-refractivity contribution is -0.142. The summed E-state index contributed by atoms with van der Waals surface area (Å²) in [4.78, 5) is 19.8. The summed E-state index contributed by atoms with van der Waals surface area (Å²) >= 11 is 1.69. The van der Waals surface area contributed by atoms with Gasteiger partial charge in [-0.3, -0.25) is 9.69 Å². The molecule has 1 saturated carbocycles. The number of carbonyl (C=O) groups is 1. The molecule has 3 atom stereocenters. The molecule has 27 heavy (non-hydrogen) atoms. The molecule has 1 N–H and O–H groups in total. The minimum absolute atomic E-state index is 0.339. The zero-order chi connectivity index (χ0) is 19.0. The van der Waals surface area contributed by atoms with Crippen LogP contribution in [-0.2, 0) is 11.3 Å². The Balaban J connectivity index is 1.51. The first kappa shape index (κ1) is 18.6. The van der Waals surface area contributed by atoms with E-state index >= 15 is 0 Å². The number of hydrogen-bond acceptors (Lipinski definition) is 4. The Kier molecular flexibility index (Phi) is 5.33. The van der Waals surface area contributed by atoms with Crippen LogP contribution in [0.1, 0.15) is 62.3 Å². The Morgan fingerprint density at radius 3 is 2.70 bits per heavy atom. The maximum absolute atomic E-state index is 11.8. The highest BCUT2D eigenvalue weighted by molar-refractivity contribution is 7.15. The minimum Gasteiger partial charge on any atom is -0.480 e. The summed E-state index contributed by atoms with van der Waals surface area (Å²) in [7, 11) is 0. The molecule has 5 heteroatoms. The fourth-order valence-corrected chi connectivity index (χ4v) is 5.65. The van der Waals surface area contributed by atoms with Gasteiger partial charge in [0, 0.05) is 29.2 Å². The van der Waals surface area contributed by atoms with E-state index in [1.807, 2.05) is 6.20 Å². The van der Waals surface area contributed by atoms with E-state index < -0.39 is 5.97 Å². The molecule has 0 spiro atoms. The standard InChI is InChI=1S/C22H28N2O2S/c1-14(2)15-7-9-16(10-8-15)21-23-12-18(27-21)13-24-19-6-4-3-5-17(19)11-20(24)22(25)26/h7-10,12,14,17,19-20H,3-6,11,13H2,1-2H3,(H,25,26). The number of nitrogens with zero attached hydrogens (tertiary/aromatic N) is 2. The molecule has 1 saturated heterocycles. The number of aromatic nitrogens is 1. The largest absolute Gasteiger partial charge is 0.480 e. The van der Waals surface area contributed by atoms with Crippen molar-refractivity contribution in [1.29, 1.82) is 0 Å². The van der Waals surface area contributed by atoms with Gasteiger partial charge in [-0.25, -0.2) is 4.98 Å². The van der Waals surface area contributed by atoms with Gasteiger partial charge >= 0.3 is 5.97 Å². The van der Waals surface area contributed by atoms with Crippen LogP contribution < -0.4 is 0 Å². The molecule has 144 valence electrons. The number of hydrogen-bond donors (Lipinski definition) is 1. The van der Waals surface area contributed by atoms with Gasteiger partial charge in [0.2, 0.25) is 0 Å². The van der Waals surface area contributed by atoms with Gasteiger partial charge in [0.15, 0.2) is 0 Å². The number of thiazole rings is 1. The van der Waals surface area contributed by atoms with Gasteiger partial charge in [-0.1, -0.05) is 51.0 Å². The van der Waals surface area contributed by atoms with Crippen molar-refractivity contribution in [2.75, 3.05) is 0 Å². The van der Waals surface area contributed by atoms with E-state index in [0.29, 0.717) is 24.4 Å². The number of benzene rings is 1. The number of aliphatic carboxylic acids is 1. The Hall–Kier alpha value is -1.72. The van der Waals surface area contributed by atoms with E-state index in [1.165, 1.54) is 24.8 Å². The molecule has 2 aromatic rings. The number of carboxylic acid groups (broad SMARTS) is 1. The van der Waals surface area contributed by atoms with Crippen LogP contribution in [0.5, 0.6) is 0 Å². The van der Waals surface area contributed by atoms with Crippen LogP contribution in [0, 0.1) is 5.92 Å². The van der Waals surface area contributed by atoms with Gasteiger partial charge in [0.05, 0.1) is 0 Å². The summed E-state index contributed by atoms with van der Waals surface area (Å²) in [5, 5.41) is 10.7. The smallest absolute Gasteiger partial charge is 0.320 e. The molecule has 1 aromatic carbocycles. The number of likely N-dealkylation sites (tertiary alicyclic amines) is 1. The van der Waals surface area contributed by atoms with Crippen LogP contribution in [-0.4, -0.2) is 33.0 Å². The average molecular weight is 385 g/mol. The van der Waals surface area contributed by atoms with Gasteiger partial charge < -0.3 is 5.11 Å². The monoisotopic (exact) mass is 384 g/mol. The third kappa shape index (κ3) is 3.81. The molecule has 2 fully saturated rings. The van der Waals surface area contributed by atoms with Gasteiger partial charge in [0.1, 0.15) is 11.0 Å². The quantitative estimate of drug-likeness (QED) is 0.774. The predicted molar refractivity (Wildman–Crippen MR) is 109 cm³/mol. The van der Waals surface area contributed by atoms with Gasteiger partial charge in [-0.15, -0.1) is 11.3 Å². The summed E-state index contributed by atoms with van der Waals surface area (Å²) in [6.45, 7) is 5.10. The highest BCUT2D eigenvalue weighted by Gasteiger charge is 2.45. The molecule has 3 unspecified atom stereocenters. The van der Waals surface area contributed by atoms with Crippen molar-refractivity contribution < 1.29 is 9.90 Å². The van der Waals surface area contributed by atoms with Crippen LogP contribution in [0.2, 0.25) is 0 Å². The molecule has 1 aliphatic heterocycles. The van der Waals surface area contributed by atoms with Crippen LogP contribution in [0.3, 0.4) is 0 Å². The van der Waals surface area contributed by atoms with Crippen LogP contribution in [0.25, 0.3) is 10.6 Å². The summed E-state index contributed by atoms with van der Waals surface area (Å²) in [6, 6.07) is 8.73. The van der Waals surface area contributed by atoms with Crippen LogP contribution in [0.4, 0.5) is 0 Å². The Morgan fingerprint density at radius 1 is 1.26 bits per heavy atom. The Morgan fingerprint density at radius 2 is 2.00 bits per heavy atom. The molecular weight excluding hydrogens is 356 g/mol. The second-order valence-electron chi connectivity index (χ2n) is 8.28. The van der Waals surface area contributed by atoms with E-state index in [0.717, 1.165) is 28.3 Å². The lowest BCUT2D eigenvalue weighted by Crippen LogP contribution is -2.41. The van der Waals surface area contributed by atoms with Crippen molar-refractivity contribution in [3.8, 4) is 10.6 Å². The minimum atomic E-state index is -0.668. The first-order chi connectivity index (χ1) is 13.0. The normalized spacial score (nSPS) is 25.7. The number of fused-ring (bicyclic) bond motifs is 1. The zero-order valence-electron chi connectivity index (χ0n) is 16.1. The first-order valence-electron chi connectivity index (χ1n) is 10.1. The maximum Gasteiger partial charge on any atom is 0.320 e. The van der Waals surface area contributed by atoms with Crippen molar-refractivity contribution in [2.24, 2.45) is 5.92 Å². The molecular formula is C22H28N2O2S. The third-order valence-corrected chi connectivity index (χ3v) is 7.25. The molecule has 0 amide bonds. The highest BCUT2D eigenvalue weighted by Crippen LogP contribution is 2.41. The molecule has 1 aromatic heterocycles. The van der Waals surface area contributed by atoms with E-state index in [9.17, 15) is 9.90 Å². The average Bonchev–Trinajstić information content (AvgIpc) is 3.27. The lowest BCUT2D eigenvalue weighted by Gasteiger charge is -2.32. The summed E-state index contributed by atoms with van der Waals surface area (Å²) in [5.41, 5.74) is 2.47. The molecule has 0 bridgehead atoms.